The van der Waals surface area contributed by atoms with Crippen LogP contribution in [0.5, 0.6) is 5.75 Å². The molecule has 4 nitrogen and oxygen atoms in total. The zero-order chi connectivity index (χ0) is 20.8. The number of thioether (sulfide) groups is 1. The van der Waals surface area contributed by atoms with Crippen LogP contribution in [0.1, 0.15) is 23.6 Å². The molecule has 1 saturated heterocycles. The summed E-state index contributed by atoms with van der Waals surface area (Å²) in [7, 11) is 0. The van der Waals surface area contributed by atoms with Gasteiger partial charge in [-0.15, -0.1) is 0 Å². The number of ether oxygens (including phenoxy) is 1. The zero-order valence-electron chi connectivity index (χ0n) is 16.8. The van der Waals surface area contributed by atoms with Crippen molar-refractivity contribution in [3.63, 3.8) is 0 Å². The highest BCUT2D eigenvalue weighted by molar-refractivity contribution is 8.05. The highest BCUT2D eigenvalue weighted by Gasteiger charge is 2.27. The molecule has 0 aromatic heterocycles. The summed E-state index contributed by atoms with van der Waals surface area (Å²) in [6.07, 6.45) is 2.92. The number of anilines is 1. The molecule has 0 spiro atoms. The first-order valence-corrected chi connectivity index (χ1v) is 10.9. The van der Waals surface area contributed by atoms with E-state index in [0.29, 0.717) is 11.5 Å². The Labute approximate surface area is 181 Å². The van der Waals surface area contributed by atoms with Crippen molar-refractivity contribution < 1.29 is 9.53 Å². The lowest BCUT2D eigenvalue weighted by Crippen LogP contribution is -2.30. The normalized spacial score (nSPS) is 17.0. The van der Waals surface area contributed by atoms with Crippen molar-refractivity contribution in [3.05, 3.63) is 100 Å². The minimum Gasteiger partial charge on any atom is -0.489 e. The fraction of sp³-hybridized carbons (Fsp3) is 0.160. The van der Waals surface area contributed by atoms with E-state index < -0.39 is 0 Å². The number of carbonyl (C=O) groups is 1. The van der Waals surface area contributed by atoms with Crippen LogP contribution in [0.25, 0.3) is 6.08 Å². The molecule has 1 aliphatic heterocycles. The number of nitrogens with one attached hydrogen (secondary N) is 2. The van der Waals surface area contributed by atoms with E-state index >= 15 is 0 Å². The van der Waals surface area contributed by atoms with E-state index in [9.17, 15) is 4.79 Å². The van der Waals surface area contributed by atoms with Gasteiger partial charge in [0, 0.05) is 5.69 Å². The van der Waals surface area contributed by atoms with Crippen LogP contribution in [0.2, 0.25) is 0 Å². The Balaban J connectivity index is 1.35. The van der Waals surface area contributed by atoms with Crippen LogP contribution in [0.4, 0.5) is 5.69 Å². The van der Waals surface area contributed by atoms with Crippen molar-refractivity contribution in [2.24, 2.45) is 0 Å². The molecule has 0 aliphatic carbocycles. The van der Waals surface area contributed by atoms with Gasteiger partial charge in [0.05, 0.1) is 4.91 Å². The van der Waals surface area contributed by atoms with E-state index in [2.05, 4.69) is 29.7 Å². The monoisotopic (exact) mass is 416 g/mol. The van der Waals surface area contributed by atoms with E-state index in [4.69, 9.17) is 4.74 Å². The number of benzene rings is 3. The average molecular weight is 417 g/mol. The van der Waals surface area contributed by atoms with E-state index in [1.54, 1.807) is 0 Å². The fourth-order valence-electron chi connectivity index (χ4n) is 3.11. The molecule has 1 heterocycles. The molecule has 5 heteroatoms. The third-order valence-corrected chi connectivity index (χ3v) is 5.85. The highest BCUT2D eigenvalue weighted by Crippen LogP contribution is 2.30. The second-order valence-corrected chi connectivity index (χ2v) is 8.16. The third kappa shape index (κ3) is 5.24. The predicted molar refractivity (Wildman–Crippen MR) is 124 cm³/mol. The highest BCUT2D eigenvalue weighted by atomic mass is 32.2. The topological polar surface area (TPSA) is 50.4 Å². The molecule has 3 aromatic carbocycles. The summed E-state index contributed by atoms with van der Waals surface area (Å²) in [6, 6.07) is 26.1. The maximum atomic E-state index is 12.3. The van der Waals surface area contributed by atoms with Crippen LogP contribution >= 0.6 is 11.8 Å². The smallest absolute Gasteiger partial charge is 0.260 e. The molecular formula is C25H24N2O2S. The SMILES string of the molecule is CCc1ccc(N[C@H]2NC(=O)/C(=C/c3ccc(OCc4ccccc4)cc3)S2)cc1. The molecule has 1 amide bonds. The first-order valence-electron chi connectivity index (χ1n) is 10.0. The van der Waals surface area contributed by atoms with Gasteiger partial charge in [-0.05, 0) is 53.5 Å². The molecule has 0 radical (unpaired) electrons. The maximum absolute atomic E-state index is 12.3. The van der Waals surface area contributed by atoms with Crippen molar-refractivity contribution in [1.29, 1.82) is 0 Å². The third-order valence-electron chi connectivity index (χ3n) is 4.82. The first-order chi connectivity index (χ1) is 14.7. The largest absolute Gasteiger partial charge is 0.489 e. The minimum atomic E-state index is -0.176. The van der Waals surface area contributed by atoms with Gasteiger partial charge in [0.15, 0.2) is 5.50 Å². The van der Waals surface area contributed by atoms with Crippen molar-refractivity contribution in [2.45, 2.75) is 25.4 Å². The zero-order valence-corrected chi connectivity index (χ0v) is 17.6. The molecule has 152 valence electrons. The lowest BCUT2D eigenvalue weighted by Gasteiger charge is -2.12. The van der Waals surface area contributed by atoms with E-state index in [0.717, 1.165) is 29.0 Å². The molecule has 4 rings (SSSR count). The van der Waals surface area contributed by atoms with Gasteiger partial charge in [-0.1, -0.05) is 73.3 Å². The lowest BCUT2D eigenvalue weighted by molar-refractivity contribution is -0.116. The van der Waals surface area contributed by atoms with Gasteiger partial charge in [0.25, 0.3) is 5.91 Å². The van der Waals surface area contributed by atoms with E-state index in [1.807, 2.05) is 72.8 Å². The van der Waals surface area contributed by atoms with E-state index in [-0.39, 0.29) is 11.4 Å². The molecule has 1 atom stereocenters. The number of hydrogen-bond acceptors (Lipinski definition) is 4. The van der Waals surface area contributed by atoms with Gasteiger partial charge in [0.2, 0.25) is 0 Å². The first kappa shape index (κ1) is 20.1. The summed E-state index contributed by atoms with van der Waals surface area (Å²) in [5.41, 5.74) is 4.20. The van der Waals surface area contributed by atoms with Crippen LogP contribution in [0.3, 0.4) is 0 Å². The molecule has 1 fully saturated rings. The Morgan fingerprint density at radius 1 is 0.967 bits per heavy atom. The van der Waals surface area contributed by atoms with Crippen LogP contribution in [-0.4, -0.2) is 11.4 Å². The molecule has 0 unspecified atom stereocenters. The van der Waals surface area contributed by atoms with E-state index in [1.165, 1.54) is 17.3 Å². The summed E-state index contributed by atoms with van der Waals surface area (Å²) in [6.45, 7) is 2.67. The van der Waals surface area contributed by atoms with Gasteiger partial charge in [-0.3, -0.25) is 4.79 Å². The Morgan fingerprint density at radius 3 is 2.40 bits per heavy atom. The molecular weight excluding hydrogens is 392 g/mol. The maximum Gasteiger partial charge on any atom is 0.260 e. The predicted octanol–water partition coefficient (Wildman–Crippen LogP) is 5.43. The Morgan fingerprint density at radius 2 is 1.70 bits per heavy atom. The molecule has 1 aliphatic rings. The number of carbonyl (C=O) groups excluding carboxylic acids is 1. The van der Waals surface area contributed by atoms with Crippen molar-refractivity contribution in [1.82, 2.24) is 5.32 Å². The standard InChI is InChI=1S/C25H24N2O2S/c1-2-18-8-12-21(13-9-18)26-25-27-24(28)23(30-25)16-19-10-14-22(15-11-19)29-17-20-6-4-3-5-7-20/h3-16,25-26H,2,17H2,1H3,(H,27,28)/b23-16-/t25-/m0/s1. The fourth-order valence-corrected chi connectivity index (χ4v) is 4.09. The van der Waals surface area contributed by atoms with Crippen LogP contribution in [0.15, 0.2) is 83.8 Å². The Bertz CT molecular complexity index is 1020. The second-order valence-electron chi connectivity index (χ2n) is 7.02. The lowest BCUT2D eigenvalue weighted by atomic mass is 10.1. The molecule has 3 aromatic rings. The number of aryl methyl sites for hydroxylation is 1. The Kier molecular flexibility index (Phi) is 6.40. The van der Waals surface area contributed by atoms with Crippen LogP contribution < -0.4 is 15.4 Å². The Hall–Kier alpha value is -3.18. The van der Waals surface area contributed by atoms with Crippen LogP contribution in [0, 0.1) is 0 Å². The molecule has 2 N–H and O–H groups in total. The number of hydrogen-bond donors (Lipinski definition) is 2. The van der Waals surface area contributed by atoms with Gasteiger partial charge in [-0.25, -0.2) is 0 Å². The van der Waals surface area contributed by atoms with Gasteiger partial charge < -0.3 is 15.4 Å². The van der Waals surface area contributed by atoms with Crippen molar-refractivity contribution in [3.8, 4) is 5.75 Å². The summed E-state index contributed by atoms with van der Waals surface area (Å²) in [4.78, 5) is 13.0. The second kappa shape index (κ2) is 9.55. The molecule has 30 heavy (non-hydrogen) atoms. The quantitative estimate of drug-likeness (QED) is 0.505. The molecule has 0 bridgehead atoms. The number of rotatable bonds is 7. The summed E-state index contributed by atoms with van der Waals surface area (Å²) >= 11 is 1.49. The summed E-state index contributed by atoms with van der Waals surface area (Å²) in [5.74, 6) is 0.742. The minimum absolute atomic E-state index is 0.0629. The average Bonchev–Trinajstić information content (AvgIpc) is 3.13. The van der Waals surface area contributed by atoms with Crippen molar-refractivity contribution in [2.75, 3.05) is 5.32 Å². The van der Waals surface area contributed by atoms with Crippen LogP contribution in [-0.2, 0) is 17.8 Å². The molecule has 0 saturated carbocycles. The summed E-state index contributed by atoms with van der Waals surface area (Å²) in [5, 5.41) is 6.32. The van der Waals surface area contributed by atoms with Gasteiger partial charge >= 0.3 is 0 Å². The number of amides is 1. The summed E-state index contributed by atoms with van der Waals surface area (Å²) < 4.78 is 5.82. The van der Waals surface area contributed by atoms with Gasteiger partial charge in [0.1, 0.15) is 12.4 Å². The van der Waals surface area contributed by atoms with Crippen molar-refractivity contribution >= 4 is 29.4 Å². The van der Waals surface area contributed by atoms with Gasteiger partial charge in [-0.2, -0.15) is 0 Å².